The first-order valence-electron chi connectivity index (χ1n) is 10.3. The number of benzene rings is 1. The predicted octanol–water partition coefficient (Wildman–Crippen LogP) is 1.46. The lowest BCUT2D eigenvalue weighted by Gasteiger charge is -2.32. The van der Waals surface area contributed by atoms with Gasteiger partial charge in [0.25, 0.3) is 0 Å². The van der Waals surface area contributed by atoms with Crippen molar-refractivity contribution in [1.29, 1.82) is 10.5 Å². The number of anilines is 4. The molecule has 1 aromatic carbocycles. The van der Waals surface area contributed by atoms with Gasteiger partial charge in [0.1, 0.15) is 6.07 Å². The van der Waals surface area contributed by atoms with Gasteiger partial charge in [0.15, 0.2) is 17.2 Å². The van der Waals surface area contributed by atoms with Crippen LogP contribution >= 0.6 is 0 Å². The molecule has 32 heavy (non-hydrogen) atoms. The molecule has 2 fully saturated rings. The minimum Gasteiger partial charge on any atom is -0.364 e. The summed E-state index contributed by atoms with van der Waals surface area (Å²) >= 11 is 0. The molecule has 11 nitrogen and oxygen atoms in total. The van der Waals surface area contributed by atoms with Crippen molar-refractivity contribution < 1.29 is 4.79 Å². The van der Waals surface area contributed by atoms with E-state index in [1.165, 1.54) is 10.7 Å². The molecule has 0 bridgehead atoms. The van der Waals surface area contributed by atoms with E-state index in [4.69, 9.17) is 0 Å². The summed E-state index contributed by atoms with van der Waals surface area (Å²) in [7, 11) is 1.90. The molecular weight excluding hydrogens is 408 g/mol. The second kappa shape index (κ2) is 7.80. The highest BCUT2D eigenvalue weighted by atomic mass is 16.2. The summed E-state index contributed by atoms with van der Waals surface area (Å²) in [6.07, 6.45) is 3.56. The Hall–Kier alpha value is -4.22. The van der Waals surface area contributed by atoms with Gasteiger partial charge in [0, 0.05) is 30.5 Å². The first kappa shape index (κ1) is 19.7. The maximum Gasteiger partial charge on any atom is 0.247 e. The highest BCUT2D eigenvalue weighted by Gasteiger charge is 2.25. The highest BCUT2D eigenvalue weighted by molar-refractivity contribution is 5.96. The van der Waals surface area contributed by atoms with Crippen LogP contribution in [0.3, 0.4) is 0 Å². The van der Waals surface area contributed by atoms with Crippen LogP contribution in [0.15, 0.2) is 24.4 Å². The SMILES string of the molecule is CN1CCN(c2cc(C#N)cc(Nc3nc(NC4CC4)c4ncc(C#N)n4n3)c2)C(=O)C1. The lowest BCUT2D eigenvalue weighted by molar-refractivity contribution is -0.120. The van der Waals surface area contributed by atoms with Gasteiger partial charge < -0.3 is 15.5 Å². The Morgan fingerprint density at radius 3 is 2.72 bits per heavy atom. The molecule has 1 saturated heterocycles. The van der Waals surface area contributed by atoms with Crippen LogP contribution in [0.4, 0.5) is 23.1 Å². The van der Waals surface area contributed by atoms with Crippen LogP contribution in [0.25, 0.3) is 5.65 Å². The summed E-state index contributed by atoms with van der Waals surface area (Å²) in [4.78, 5) is 25.0. The van der Waals surface area contributed by atoms with Gasteiger partial charge in [-0.2, -0.15) is 20.0 Å². The topological polar surface area (TPSA) is 138 Å². The molecule has 0 radical (unpaired) electrons. The number of nitriles is 2. The molecule has 11 heteroatoms. The van der Waals surface area contributed by atoms with Crippen molar-refractivity contribution >= 4 is 34.7 Å². The molecule has 0 spiro atoms. The first-order chi connectivity index (χ1) is 15.5. The number of carbonyl (C=O) groups is 1. The van der Waals surface area contributed by atoms with Gasteiger partial charge in [0.05, 0.1) is 24.4 Å². The van der Waals surface area contributed by atoms with Gasteiger partial charge in [-0.25, -0.2) is 4.98 Å². The zero-order valence-electron chi connectivity index (χ0n) is 17.4. The van der Waals surface area contributed by atoms with E-state index < -0.39 is 0 Å². The minimum absolute atomic E-state index is 0.0227. The molecule has 0 atom stereocenters. The van der Waals surface area contributed by atoms with E-state index in [1.54, 1.807) is 23.1 Å². The molecule has 0 unspecified atom stereocenters. The Bertz CT molecular complexity index is 1300. The van der Waals surface area contributed by atoms with Crippen molar-refractivity contribution in [3.8, 4) is 12.1 Å². The second-order valence-electron chi connectivity index (χ2n) is 7.98. The Morgan fingerprint density at radius 2 is 2.00 bits per heavy atom. The summed E-state index contributed by atoms with van der Waals surface area (Å²) in [5, 5.41) is 29.8. The Kier molecular flexibility index (Phi) is 4.81. The second-order valence-corrected chi connectivity index (χ2v) is 7.98. The molecule has 1 aliphatic heterocycles. The third-order valence-electron chi connectivity index (χ3n) is 5.42. The van der Waals surface area contributed by atoms with Crippen LogP contribution in [0.2, 0.25) is 0 Å². The van der Waals surface area contributed by atoms with E-state index in [1.807, 2.05) is 11.9 Å². The molecule has 2 N–H and O–H groups in total. The maximum atomic E-state index is 12.5. The number of carbonyl (C=O) groups excluding carboxylic acids is 1. The molecule has 5 rings (SSSR count). The third-order valence-corrected chi connectivity index (χ3v) is 5.42. The zero-order valence-corrected chi connectivity index (χ0v) is 17.4. The average Bonchev–Trinajstić information content (AvgIpc) is 3.49. The number of likely N-dealkylation sites (N-methyl/N-ethyl adjacent to an activating group) is 1. The first-order valence-corrected chi connectivity index (χ1v) is 10.3. The van der Waals surface area contributed by atoms with Crippen LogP contribution in [-0.4, -0.2) is 63.1 Å². The number of piperazine rings is 1. The molecule has 2 aliphatic rings. The van der Waals surface area contributed by atoms with Crippen LogP contribution in [0, 0.1) is 22.7 Å². The zero-order chi connectivity index (χ0) is 22.2. The van der Waals surface area contributed by atoms with E-state index in [0.29, 0.717) is 53.2 Å². The van der Waals surface area contributed by atoms with Crippen molar-refractivity contribution in [2.45, 2.75) is 18.9 Å². The van der Waals surface area contributed by atoms with Crippen LogP contribution < -0.4 is 15.5 Å². The van der Waals surface area contributed by atoms with E-state index >= 15 is 0 Å². The third kappa shape index (κ3) is 3.77. The number of nitrogens with zero attached hydrogens (tertiary/aromatic N) is 8. The maximum absolute atomic E-state index is 12.5. The van der Waals surface area contributed by atoms with Gasteiger partial charge in [-0.1, -0.05) is 0 Å². The number of fused-ring (bicyclic) bond motifs is 1. The minimum atomic E-state index is -0.0227. The molecule has 160 valence electrons. The molecule has 3 heterocycles. The summed E-state index contributed by atoms with van der Waals surface area (Å²) in [5.41, 5.74) is 2.39. The van der Waals surface area contributed by atoms with Crippen LogP contribution in [-0.2, 0) is 4.79 Å². The average molecular weight is 428 g/mol. The van der Waals surface area contributed by atoms with Crippen molar-refractivity contribution in [1.82, 2.24) is 24.5 Å². The quantitative estimate of drug-likeness (QED) is 0.618. The number of hydrogen-bond acceptors (Lipinski definition) is 9. The number of rotatable bonds is 5. The largest absolute Gasteiger partial charge is 0.364 e. The fourth-order valence-corrected chi connectivity index (χ4v) is 3.63. The van der Waals surface area contributed by atoms with Gasteiger partial charge >= 0.3 is 0 Å². The monoisotopic (exact) mass is 428 g/mol. The molecular formula is C21H20N10O. The molecule has 2 aromatic heterocycles. The van der Waals surface area contributed by atoms with E-state index in [2.05, 4.69) is 37.8 Å². The van der Waals surface area contributed by atoms with Gasteiger partial charge in [-0.05, 0) is 38.1 Å². The number of imidazole rings is 1. The Balaban J connectivity index is 1.51. The van der Waals surface area contributed by atoms with Gasteiger partial charge in [-0.3, -0.25) is 9.69 Å². The Labute approximate surface area is 183 Å². The summed E-state index contributed by atoms with van der Waals surface area (Å²) in [6, 6.07) is 9.72. The van der Waals surface area contributed by atoms with Crippen molar-refractivity contribution in [3.63, 3.8) is 0 Å². The summed E-state index contributed by atoms with van der Waals surface area (Å²) < 4.78 is 1.44. The molecule has 1 amide bonds. The number of aromatic nitrogens is 4. The normalized spacial score (nSPS) is 16.6. The van der Waals surface area contributed by atoms with Gasteiger partial charge in [-0.15, -0.1) is 5.10 Å². The lowest BCUT2D eigenvalue weighted by atomic mass is 10.1. The number of nitrogens with one attached hydrogen (secondary N) is 2. The number of hydrogen-bond donors (Lipinski definition) is 2. The van der Waals surface area contributed by atoms with Crippen LogP contribution in [0.1, 0.15) is 24.1 Å². The standard InChI is InChI=1S/C21H20N10O/c1-29-4-5-30(18(32)12-29)16-7-13(9-22)6-15(8-16)26-21-27-19(25-14-2-3-14)20-24-11-17(10-23)31(20)28-21/h6-8,11,14H,2-5,12H2,1H3,(H2,25,26,27,28). The highest BCUT2D eigenvalue weighted by Crippen LogP contribution is 2.28. The predicted molar refractivity (Wildman–Crippen MR) is 116 cm³/mol. The van der Waals surface area contributed by atoms with Crippen molar-refractivity contribution in [2.75, 3.05) is 42.2 Å². The fourth-order valence-electron chi connectivity index (χ4n) is 3.63. The summed E-state index contributed by atoms with van der Waals surface area (Å²) in [6.45, 7) is 1.62. The lowest BCUT2D eigenvalue weighted by Crippen LogP contribution is -2.48. The van der Waals surface area contributed by atoms with Crippen molar-refractivity contribution in [2.24, 2.45) is 0 Å². The Morgan fingerprint density at radius 1 is 1.16 bits per heavy atom. The molecule has 3 aromatic rings. The van der Waals surface area contributed by atoms with Crippen LogP contribution in [0.5, 0.6) is 0 Å². The van der Waals surface area contributed by atoms with Gasteiger partial charge in [0.2, 0.25) is 11.9 Å². The smallest absolute Gasteiger partial charge is 0.247 e. The number of amides is 1. The van der Waals surface area contributed by atoms with E-state index in [9.17, 15) is 15.3 Å². The van der Waals surface area contributed by atoms with E-state index in [0.717, 1.165) is 19.4 Å². The fraction of sp³-hybridized carbons (Fsp3) is 0.333. The van der Waals surface area contributed by atoms with Crippen molar-refractivity contribution in [3.05, 3.63) is 35.7 Å². The summed E-state index contributed by atoms with van der Waals surface area (Å²) in [5.74, 6) is 0.767. The molecule has 1 aliphatic carbocycles. The van der Waals surface area contributed by atoms with E-state index in [-0.39, 0.29) is 11.9 Å². The molecule has 1 saturated carbocycles.